The molecular weight excluding hydrogens is 240 g/mol. The van der Waals surface area contributed by atoms with Crippen molar-refractivity contribution in [3.8, 4) is 0 Å². The second-order valence-electron chi connectivity index (χ2n) is 4.44. The predicted molar refractivity (Wildman–Crippen MR) is 70.3 cm³/mol. The van der Waals surface area contributed by atoms with Gasteiger partial charge in [0.05, 0.1) is 0 Å². The molecule has 4 heteroatoms. The summed E-state index contributed by atoms with van der Waals surface area (Å²) in [5.41, 5.74) is 0. The molecule has 2 aromatic heterocycles. The summed E-state index contributed by atoms with van der Waals surface area (Å²) in [6.07, 6.45) is 2.01. The molecule has 2 aromatic rings. The summed E-state index contributed by atoms with van der Waals surface area (Å²) >= 11 is 7.83. The molecule has 0 atom stereocenters. The van der Waals surface area contributed by atoms with Crippen molar-refractivity contribution in [1.82, 2.24) is 9.97 Å². The van der Waals surface area contributed by atoms with Crippen molar-refractivity contribution in [1.29, 1.82) is 0 Å². The van der Waals surface area contributed by atoms with Crippen LogP contribution in [0, 0.1) is 12.8 Å². The average Bonchev–Trinajstić information content (AvgIpc) is 2.56. The highest BCUT2D eigenvalue weighted by atomic mass is 35.5. The van der Waals surface area contributed by atoms with Crippen molar-refractivity contribution in [2.45, 2.75) is 33.6 Å². The molecule has 0 fully saturated rings. The summed E-state index contributed by atoms with van der Waals surface area (Å²) in [5, 5.41) is 1.57. The molecule has 0 aliphatic rings. The number of hydrogen-bond acceptors (Lipinski definition) is 3. The highest BCUT2D eigenvalue weighted by Gasteiger charge is 2.09. The van der Waals surface area contributed by atoms with Crippen LogP contribution in [0.4, 0.5) is 0 Å². The minimum absolute atomic E-state index is 0.591. The number of thiophene rings is 1. The van der Waals surface area contributed by atoms with Gasteiger partial charge in [-0.1, -0.05) is 25.4 Å². The fraction of sp³-hybridized carbons (Fsp3) is 0.500. The van der Waals surface area contributed by atoms with Gasteiger partial charge < -0.3 is 0 Å². The van der Waals surface area contributed by atoms with E-state index in [1.54, 1.807) is 11.3 Å². The lowest BCUT2D eigenvalue weighted by Crippen LogP contribution is -1.98. The molecule has 0 bridgehead atoms. The van der Waals surface area contributed by atoms with Crippen molar-refractivity contribution in [3.05, 3.63) is 21.9 Å². The van der Waals surface area contributed by atoms with Gasteiger partial charge in [0, 0.05) is 16.7 Å². The third-order valence-electron chi connectivity index (χ3n) is 2.46. The highest BCUT2D eigenvalue weighted by molar-refractivity contribution is 7.18. The molecule has 0 N–H and O–H groups in total. The fourth-order valence-electron chi connectivity index (χ4n) is 1.58. The van der Waals surface area contributed by atoms with Gasteiger partial charge in [-0.25, -0.2) is 9.97 Å². The van der Waals surface area contributed by atoms with Crippen molar-refractivity contribution >= 4 is 33.2 Å². The molecular formula is C12H15ClN2S. The molecule has 0 saturated heterocycles. The molecule has 2 heterocycles. The van der Waals surface area contributed by atoms with E-state index in [1.165, 1.54) is 4.88 Å². The van der Waals surface area contributed by atoms with E-state index in [1.807, 2.05) is 0 Å². The molecule has 2 nitrogen and oxygen atoms in total. The van der Waals surface area contributed by atoms with E-state index in [-0.39, 0.29) is 0 Å². The van der Waals surface area contributed by atoms with Crippen LogP contribution in [-0.4, -0.2) is 9.97 Å². The zero-order valence-corrected chi connectivity index (χ0v) is 11.3. The van der Waals surface area contributed by atoms with Crippen molar-refractivity contribution in [2.75, 3.05) is 0 Å². The topological polar surface area (TPSA) is 25.8 Å². The third kappa shape index (κ3) is 2.53. The summed E-state index contributed by atoms with van der Waals surface area (Å²) in [4.78, 5) is 11.1. The van der Waals surface area contributed by atoms with Gasteiger partial charge in [-0.2, -0.15) is 0 Å². The largest absolute Gasteiger partial charge is 0.222 e. The van der Waals surface area contributed by atoms with Gasteiger partial charge in [0.2, 0.25) is 0 Å². The van der Waals surface area contributed by atoms with Crippen molar-refractivity contribution in [3.63, 3.8) is 0 Å². The van der Waals surface area contributed by atoms with E-state index in [0.717, 1.165) is 28.9 Å². The Balaban J connectivity index is 2.33. The lowest BCUT2D eigenvalue weighted by molar-refractivity contribution is 0.576. The first-order valence-corrected chi connectivity index (χ1v) is 6.68. The van der Waals surface area contributed by atoms with Crippen LogP contribution in [0.5, 0.6) is 0 Å². The van der Waals surface area contributed by atoms with E-state index in [4.69, 9.17) is 11.6 Å². The predicted octanol–water partition coefficient (Wildman–Crippen LogP) is 4.24. The molecule has 2 rings (SSSR count). The summed E-state index contributed by atoms with van der Waals surface area (Å²) < 4.78 is 0. The number of aromatic nitrogens is 2. The molecule has 0 aliphatic carbocycles. The normalized spacial score (nSPS) is 11.6. The fourth-order valence-corrected chi connectivity index (χ4v) is 2.77. The van der Waals surface area contributed by atoms with Crippen molar-refractivity contribution < 1.29 is 0 Å². The summed E-state index contributed by atoms with van der Waals surface area (Å²) in [6.45, 7) is 6.47. The van der Waals surface area contributed by atoms with Crippen LogP contribution in [0.3, 0.4) is 0 Å². The van der Waals surface area contributed by atoms with E-state index in [2.05, 4.69) is 36.8 Å². The van der Waals surface area contributed by atoms with Crippen LogP contribution in [0.2, 0.25) is 5.15 Å². The Morgan fingerprint density at radius 1 is 1.38 bits per heavy atom. The Labute approximate surface area is 105 Å². The Hall–Kier alpha value is -0.670. The molecule has 0 aromatic carbocycles. The molecule has 16 heavy (non-hydrogen) atoms. The van der Waals surface area contributed by atoms with Gasteiger partial charge in [-0.05, 0) is 25.3 Å². The van der Waals surface area contributed by atoms with E-state index < -0.39 is 0 Å². The number of aryl methyl sites for hydroxylation is 2. The second-order valence-corrected chi connectivity index (χ2v) is 6.03. The van der Waals surface area contributed by atoms with Gasteiger partial charge in [-0.3, -0.25) is 0 Å². The summed E-state index contributed by atoms with van der Waals surface area (Å²) in [7, 11) is 0. The highest BCUT2D eigenvalue weighted by Crippen LogP contribution is 2.28. The first kappa shape index (κ1) is 11.8. The van der Waals surface area contributed by atoms with E-state index in [0.29, 0.717) is 11.1 Å². The zero-order valence-electron chi connectivity index (χ0n) is 9.75. The summed E-state index contributed by atoms with van der Waals surface area (Å²) in [5.74, 6) is 1.54. The number of fused-ring (bicyclic) bond motifs is 1. The molecule has 0 amide bonds. The van der Waals surface area contributed by atoms with Gasteiger partial charge >= 0.3 is 0 Å². The maximum absolute atomic E-state index is 6.15. The lowest BCUT2D eigenvalue weighted by Gasteiger charge is -2.03. The van der Waals surface area contributed by atoms with Crippen LogP contribution in [-0.2, 0) is 6.42 Å². The van der Waals surface area contributed by atoms with Gasteiger partial charge in [0.15, 0.2) is 0 Å². The molecule has 86 valence electrons. The Morgan fingerprint density at radius 3 is 2.81 bits per heavy atom. The Kier molecular flexibility index (Phi) is 3.45. The minimum atomic E-state index is 0.591. The maximum Gasteiger partial charge on any atom is 0.141 e. The quantitative estimate of drug-likeness (QED) is 0.766. The number of rotatable bonds is 3. The smallest absolute Gasteiger partial charge is 0.141 e. The Morgan fingerprint density at radius 2 is 2.12 bits per heavy atom. The van der Waals surface area contributed by atoms with Crippen LogP contribution < -0.4 is 0 Å². The molecule has 0 unspecified atom stereocenters. The second kappa shape index (κ2) is 4.68. The van der Waals surface area contributed by atoms with Gasteiger partial charge in [0.25, 0.3) is 0 Å². The van der Waals surface area contributed by atoms with Gasteiger partial charge in [0.1, 0.15) is 15.8 Å². The maximum atomic E-state index is 6.15. The minimum Gasteiger partial charge on any atom is -0.222 e. The number of hydrogen-bond donors (Lipinski definition) is 0. The first-order valence-electron chi connectivity index (χ1n) is 5.49. The standard InChI is InChI=1S/C12H15ClN2S/c1-7(2)4-5-10-14-11(13)9-6-8(3)16-12(9)15-10/h6-7H,4-5H2,1-3H3. The Bertz CT molecular complexity index is 505. The number of halogens is 1. The average molecular weight is 255 g/mol. The zero-order chi connectivity index (χ0) is 11.7. The van der Waals surface area contributed by atoms with E-state index >= 15 is 0 Å². The lowest BCUT2D eigenvalue weighted by atomic mass is 10.1. The van der Waals surface area contributed by atoms with E-state index in [9.17, 15) is 0 Å². The van der Waals surface area contributed by atoms with Crippen molar-refractivity contribution in [2.24, 2.45) is 5.92 Å². The SMILES string of the molecule is Cc1cc2c(Cl)nc(CCC(C)C)nc2s1. The van der Waals surface area contributed by atoms with Crippen LogP contribution in [0.15, 0.2) is 6.07 Å². The van der Waals surface area contributed by atoms with Crippen LogP contribution in [0.1, 0.15) is 31.0 Å². The number of nitrogens with zero attached hydrogens (tertiary/aromatic N) is 2. The van der Waals surface area contributed by atoms with Crippen LogP contribution >= 0.6 is 22.9 Å². The molecule has 0 saturated carbocycles. The molecule has 0 radical (unpaired) electrons. The molecule has 0 spiro atoms. The van der Waals surface area contributed by atoms with Gasteiger partial charge in [-0.15, -0.1) is 11.3 Å². The summed E-state index contributed by atoms with van der Waals surface area (Å²) in [6, 6.07) is 2.05. The third-order valence-corrected chi connectivity index (χ3v) is 3.69. The molecule has 0 aliphatic heterocycles. The first-order chi connectivity index (χ1) is 7.56. The monoisotopic (exact) mass is 254 g/mol. The van der Waals surface area contributed by atoms with Crippen LogP contribution in [0.25, 0.3) is 10.2 Å².